The molecule has 1 aromatic rings. The van der Waals surface area contributed by atoms with E-state index in [0.717, 1.165) is 5.56 Å². The Morgan fingerprint density at radius 3 is 2.57 bits per heavy atom. The smallest absolute Gasteiger partial charge is 0.221 e. The Kier molecular flexibility index (Phi) is 3.77. The molecule has 0 spiro atoms. The van der Waals surface area contributed by atoms with Gasteiger partial charge in [0.15, 0.2) is 0 Å². The van der Waals surface area contributed by atoms with Crippen LogP contribution in [0.3, 0.4) is 0 Å². The summed E-state index contributed by atoms with van der Waals surface area (Å²) in [5, 5.41) is 10.1. The molecule has 2 fully saturated rings. The molecule has 2 aliphatic rings. The summed E-state index contributed by atoms with van der Waals surface area (Å²) >= 11 is 0. The number of sulfonamides is 1. The van der Waals surface area contributed by atoms with Crippen LogP contribution in [0.15, 0.2) is 24.3 Å². The summed E-state index contributed by atoms with van der Waals surface area (Å²) in [6, 6.07) is 5.91. The number of halogens is 1. The minimum absolute atomic E-state index is 0.0865. The molecule has 7 heteroatoms. The molecule has 2 heterocycles. The predicted molar refractivity (Wildman–Crippen MR) is 74.8 cm³/mol. The molecule has 21 heavy (non-hydrogen) atoms. The predicted octanol–water partition coefficient (Wildman–Crippen LogP) is 0.534. The molecular weight excluding hydrogens is 297 g/mol. The van der Waals surface area contributed by atoms with Gasteiger partial charge in [-0.25, -0.2) is 12.8 Å². The van der Waals surface area contributed by atoms with Gasteiger partial charge in [0, 0.05) is 19.5 Å². The van der Waals surface area contributed by atoms with E-state index in [1.165, 1.54) is 16.4 Å². The van der Waals surface area contributed by atoms with Crippen LogP contribution in [0.5, 0.6) is 0 Å². The van der Waals surface area contributed by atoms with E-state index >= 15 is 0 Å². The first-order valence-electron chi connectivity index (χ1n) is 6.93. The molecule has 1 N–H and O–H groups in total. The Bertz CT molecular complexity index is 614. The van der Waals surface area contributed by atoms with E-state index in [1.807, 2.05) is 0 Å². The maximum absolute atomic E-state index is 12.9. The van der Waals surface area contributed by atoms with E-state index in [-0.39, 0.29) is 25.6 Å². The average Bonchev–Trinajstić information content (AvgIpc) is 2.73. The Morgan fingerprint density at radius 2 is 2.00 bits per heavy atom. The van der Waals surface area contributed by atoms with Gasteiger partial charge < -0.3 is 9.84 Å². The highest BCUT2D eigenvalue weighted by Gasteiger charge is 2.45. The molecule has 1 unspecified atom stereocenters. The van der Waals surface area contributed by atoms with Crippen molar-refractivity contribution in [2.45, 2.75) is 23.7 Å². The fourth-order valence-corrected chi connectivity index (χ4v) is 4.48. The Morgan fingerprint density at radius 1 is 1.33 bits per heavy atom. The molecule has 5 nitrogen and oxygen atoms in total. The first-order valence-corrected chi connectivity index (χ1v) is 8.43. The lowest BCUT2D eigenvalue weighted by molar-refractivity contribution is 0.0371. The van der Waals surface area contributed by atoms with Crippen molar-refractivity contribution >= 4 is 10.0 Å². The lowest BCUT2D eigenvalue weighted by atomic mass is 9.94. The van der Waals surface area contributed by atoms with Gasteiger partial charge in [0.1, 0.15) is 11.1 Å². The standard InChI is InChI=1S/C14H18FNO4S/c15-12-3-1-11(2-4-12)7-14(17)5-6-16(10-14)21(18,19)13-8-20-9-13/h1-4,13,17H,5-10H2. The highest BCUT2D eigenvalue weighted by Crippen LogP contribution is 2.30. The van der Waals surface area contributed by atoms with Crippen LogP contribution in [-0.2, 0) is 21.2 Å². The maximum Gasteiger partial charge on any atom is 0.221 e. The van der Waals surface area contributed by atoms with Crippen LogP contribution < -0.4 is 0 Å². The van der Waals surface area contributed by atoms with Crippen LogP contribution in [0, 0.1) is 5.82 Å². The van der Waals surface area contributed by atoms with E-state index < -0.39 is 20.9 Å². The normalized spacial score (nSPS) is 27.7. The number of benzene rings is 1. The molecule has 0 radical (unpaired) electrons. The molecule has 116 valence electrons. The van der Waals surface area contributed by atoms with E-state index in [1.54, 1.807) is 12.1 Å². The summed E-state index contributed by atoms with van der Waals surface area (Å²) in [6.07, 6.45) is 0.706. The van der Waals surface area contributed by atoms with Crippen molar-refractivity contribution in [2.75, 3.05) is 26.3 Å². The highest BCUT2D eigenvalue weighted by atomic mass is 32.2. The average molecular weight is 315 g/mol. The van der Waals surface area contributed by atoms with Crippen LogP contribution in [0.25, 0.3) is 0 Å². The zero-order chi connectivity index (χ0) is 15.1. The summed E-state index contributed by atoms with van der Waals surface area (Å²) in [4.78, 5) is 0. The van der Waals surface area contributed by atoms with Crippen LogP contribution in [0.1, 0.15) is 12.0 Å². The Hall–Kier alpha value is -1.02. The molecule has 0 aromatic heterocycles. The first-order chi connectivity index (χ1) is 9.89. The number of ether oxygens (including phenoxy) is 1. The molecule has 0 saturated carbocycles. The van der Waals surface area contributed by atoms with Crippen molar-refractivity contribution in [1.82, 2.24) is 4.31 Å². The molecular formula is C14H18FNO4S. The second-order valence-electron chi connectivity index (χ2n) is 5.82. The zero-order valence-corrected chi connectivity index (χ0v) is 12.4. The lowest BCUT2D eigenvalue weighted by Crippen LogP contribution is -2.49. The number of nitrogens with zero attached hydrogens (tertiary/aromatic N) is 1. The van der Waals surface area contributed by atoms with Gasteiger partial charge >= 0.3 is 0 Å². The molecule has 1 atom stereocenters. The molecule has 2 aliphatic heterocycles. The minimum atomic E-state index is -3.38. The topological polar surface area (TPSA) is 66.8 Å². The molecule has 0 aliphatic carbocycles. The van der Waals surface area contributed by atoms with Crippen LogP contribution in [0.2, 0.25) is 0 Å². The summed E-state index contributed by atoms with van der Waals surface area (Å²) in [5.41, 5.74) is -0.291. The fourth-order valence-electron chi connectivity index (χ4n) is 2.76. The van der Waals surface area contributed by atoms with E-state index in [0.29, 0.717) is 19.4 Å². The van der Waals surface area contributed by atoms with Crippen molar-refractivity contribution in [3.8, 4) is 0 Å². The Labute approximate surface area is 123 Å². The zero-order valence-electron chi connectivity index (χ0n) is 11.5. The van der Waals surface area contributed by atoms with Crippen molar-refractivity contribution in [1.29, 1.82) is 0 Å². The second kappa shape index (κ2) is 5.31. The van der Waals surface area contributed by atoms with Crippen molar-refractivity contribution in [2.24, 2.45) is 0 Å². The summed E-state index contributed by atoms with van der Waals surface area (Å²) < 4.78 is 43.7. The summed E-state index contributed by atoms with van der Waals surface area (Å²) in [5.74, 6) is -0.327. The van der Waals surface area contributed by atoms with Gasteiger partial charge in [-0.05, 0) is 24.1 Å². The van der Waals surface area contributed by atoms with Gasteiger partial charge in [-0.2, -0.15) is 4.31 Å². The van der Waals surface area contributed by atoms with E-state index in [2.05, 4.69) is 0 Å². The minimum Gasteiger partial charge on any atom is -0.388 e. The lowest BCUT2D eigenvalue weighted by Gasteiger charge is -2.30. The molecule has 3 rings (SSSR count). The highest BCUT2D eigenvalue weighted by molar-refractivity contribution is 7.89. The van der Waals surface area contributed by atoms with E-state index in [9.17, 15) is 17.9 Å². The van der Waals surface area contributed by atoms with Gasteiger partial charge in [0.05, 0.1) is 18.8 Å². The third kappa shape index (κ3) is 2.96. The van der Waals surface area contributed by atoms with Crippen LogP contribution in [0.4, 0.5) is 4.39 Å². The molecule has 1 aromatic carbocycles. The van der Waals surface area contributed by atoms with Crippen LogP contribution in [-0.4, -0.2) is 55.0 Å². The number of rotatable bonds is 4. The maximum atomic E-state index is 12.9. The number of β-amino-alcohol motifs (C(OH)–C–C–N with tert-alkyl or cyclic N) is 1. The number of hydrogen-bond acceptors (Lipinski definition) is 4. The van der Waals surface area contributed by atoms with Crippen molar-refractivity contribution < 1.29 is 22.7 Å². The second-order valence-corrected chi connectivity index (χ2v) is 8.03. The van der Waals surface area contributed by atoms with Crippen LogP contribution >= 0.6 is 0 Å². The molecule has 0 bridgehead atoms. The van der Waals surface area contributed by atoms with Gasteiger partial charge in [-0.1, -0.05) is 12.1 Å². The van der Waals surface area contributed by atoms with Gasteiger partial charge in [-0.3, -0.25) is 0 Å². The monoisotopic (exact) mass is 315 g/mol. The number of hydrogen-bond donors (Lipinski definition) is 1. The van der Waals surface area contributed by atoms with E-state index in [4.69, 9.17) is 4.74 Å². The molecule has 0 amide bonds. The quantitative estimate of drug-likeness (QED) is 0.880. The van der Waals surface area contributed by atoms with Gasteiger partial charge in [0.2, 0.25) is 10.0 Å². The number of aliphatic hydroxyl groups is 1. The Balaban J connectivity index is 1.68. The van der Waals surface area contributed by atoms with Crippen molar-refractivity contribution in [3.05, 3.63) is 35.6 Å². The third-order valence-corrected chi connectivity index (χ3v) is 6.28. The molecule has 2 saturated heterocycles. The SMILES string of the molecule is O=S(=O)(C1COC1)N1CCC(O)(Cc2ccc(F)cc2)C1. The van der Waals surface area contributed by atoms with Crippen molar-refractivity contribution in [3.63, 3.8) is 0 Å². The van der Waals surface area contributed by atoms with Gasteiger partial charge in [-0.15, -0.1) is 0 Å². The third-order valence-electron chi connectivity index (χ3n) is 4.13. The largest absolute Gasteiger partial charge is 0.388 e. The summed E-state index contributed by atoms with van der Waals surface area (Å²) in [7, 11) is -3.38. The first kappa shape index (κ1) is 14.9. The summed E-state index contributed by atoms with van der Waals surface area (Å²) in [6.45, 7) is 0.865. The van der Waals surface area contributed by atoms with Gasteiger partial charge in [0.25, 0.3) is 0 Å². The fraction of sp³-hybridized carbons (Fsp3) is 0.571.